The van der Waals surface area contributed by atoms with Gasteiger partial charge in [-0.05, 0) is 23.3 Å². The van der Waals surface area contributed by atoms with Gasteiger partial charge in [0.1, 0.15) is 11.7 Å². The van der Waals surface area contributed by atoms with Crippen LogP contribution < -0.4 is 0 Å². The molecule has 1 unspecified atom stereocenters. The van der Waals surface area contributed by atoms with Gasteiger partial charge in [-0.2, -0.15) is 5.10 Å². The molecule has 1 aromatic heterocycles. The molecule has 1 aliphatic rings. The van der Waals surface area contributed by atoms with Crippen LogP contribution in [0.15, 0.2) is 34.9 Å². The van der Waals surface area contributed by atoms with E-state index in [1.807, 2.05) is 18.2 Å². The number of carbonyl (C=O) groups excluding carboxylic acids is 1. The van der Waals surface area contributed by atoms with E-state index in [1.54, 1.807) is 13.1 Å². The Morgan fingerprint density at radius 3 is 2.77 bits per heavy atom. The molecule has 0 aliphatic carbocycles. The van der Waals surface area contributed by atoms with Crippen molar-refractivity contribution < 1.29 is 14.7 Å². The van der Waals surface area contributed by atoms with Crippen molar-refractivity contribution in [2.75, 3.05) is 0 Å². The molecule has 0 spiro atoms. The van der Waals surface area contributed by atoms with E-state index in [2.05, 4.69) is 21.0 Å². The zero-order chi connectivity index (χ0) is 15.9. The van der Waals surface area contributed by atoms with Gasteiger partial charge in [-0.1, -0.05) is 28.1 Å². The van der Waals surface area contributed by atoms with Gasteiger partial charge in [-0.3, -0.25) is 9.48 Å². The zero-order valence-corrected chi connectivity index (χ0v) is 13.4. The summed E-state index contributed by atoms with van der Waals surface area (Å²) in [4.78, 5) is 25.7. The third-order valence-electron chi connectivity index (χ3n) is 3.92. The Morgan fingerprint density at radius 2 is 2.14 bits per heavy atom. The smallest absolute Gasteiger partial charge is 0.326 e. The average Bonchev–Trinajstić information content (AvgIpc) is 2.91. The number of aromatic nitrogens is 2. The van der Waals surface area contributed by atoms with E-state index < -0.39 is 12.0 Å². The SMILES string of the molecule is Cn1nccc1C(=O)N1Cc2cccc(Br)c2CC1C(=O)O. The Morgan fingerprint density at radius 1 is 1.36 bits per heavy atom. The minimum atomic E-state index is -1.00. The van der Waals surface area contributed by atoms with Crippen molar-refractivity contribution in [2.45, 2.75) is 19.0 Å². The van der Waals surface area contributed by atoms with Crippen LogP contribution in [0.3, 0.4) is 0 Å². The predicted molar refractivity (Wildman–Crippen MR) is 82.4 cm³/mol. The lowest BCUT2D eigenvalue weighted by Crippen LogP contribution is -2.49. The number of amides is 1. The van der Waals surface area contributed by atoms with Gasteiger partial charge in [0.25, 0.3) is 5.91 Å². The predicted octanol–water partition coefficient (Wildman–Crippen LogP) is 1.83. The lowest BCUT2D eigenvalue weighted by atomic mass is 9.93. The van der Waals surface area contributed by atoms with Crippen molar-refractivity contribution in [3.05, 3.63) is 51.8 Å². The highest BCUT2D eigenvalue weighted by molar-refractivity contribution is 9.10. The van der Waals surface area contributed by atoms with Crippen molar-refractivity contribution in [1.29, 1.82) is 0 Å². The Labute approximate surface area is 135 Å². The molecule has 1 aromatic carbocycles. The molecule has 2 heterocycles. The van der Waals surface area contributed by atoms with E-state index in [0.717, 1.165) is 15.6 Å². The molecule has 0 fully saturated rings. The number of carboxylic acid groups (broad SMARTS) is 1. The first-order valence-corrected chi connectivity index (χ1v) is 7.56. The third kappa shape index (κ3) is 2.41. The summed E-state index contributed by atoms with van der Waals surface area (Å²) in [6.45, 7) is 0.274. The van der Waals surface area contributed by atoms with E-state index >= 15 is 0 Å². The summed E-state index contributed by atoms with van der Waals surface area (Å²) in [6.07, 6.45) is 1.81. The Kier molecular flexibility index (Phi) is 3.74. The lowest BCUT2D eigenvalue weighted by Gasteiger charge is -2.34. The molecular weight excluding hydrogens is 350 g/mol. The quantitative estimate of drug-likeness (QED) is 0.882. The minimum absolute atomic E-state index is 0.274. The Balaban J connectivity index is 2.01. The van der Waals surface area contributed by atoms with Crippen LogP contribution in [0.1, 0.15) is 21.6 Å². The third-order valence-corrected chi connectivity index (χ3v) is 4.66. The molecule has 114 valence electrons. The van der Waals surface area contributed by atoms with Crippen molar-refractivity contribution in [3.63, 3.8) is 0 Å². The number of aryl methyl sites for hydroxylation is 1. The van der Waals surface area contributed by atoms with E-state index in [-0.39, 0.29) is 18.9 Å². The number of nitrogens with zero attached hydrogens (tertiary/aromatic N) is 3. The number of benzene rings is 1. The largest absolute Gasteiger partial charge is 0.480 e. The van der Waals surface area contributed by atoms with Crippen molar-refractivity contribution in [2.24, 2.45) is 7.05 Å². The summed E-state index contributed by atoms with van der Waals surface area (Å²) in [5.74, 6) is -1.32. The second-order valence-corrected chi connectivity index (χ2v) is 6.06. The summed E-state index contributed by atoms with van der Waals surface area (Å²) < 4.78 is 2.33. The average molecular weight is 364 g/mol. The Bertz CT molecular complexity index is 756. The molecule has 22 heavy (non-hydrogen) atoms. The van der Waals surface area contributed by atoms with Crippen molar-refractivity contribution in [3.8, 4) is 0 Å². The molecule has 7 heteroatoms. The molecule has 0 saturated heterocycles. The fraction of sp³-hybridized carbons (Fsp3) is 0.267. The summed E-state index contributed by atoms with van der Waals surface area (Å²) in [7, 11) is 1.66. The van der Waals surface area contributed by atoms with E-state index in [4.69, 9.17) is 0 Å². The second-order valence-electron chi connectivity index (χ2n) is 5.21. The fourth-order valence-corrected chi connectivity index (χ4v) is 3.31. The number of rotatable bonds is 2. The molecule has 2 aromatic rings. The van der Waals surface area contributed by atoms with Crippen LogP contribution >= 0.6 is 15.9 Å². The number of aliphatic carboxylic acids is 1. The number of hydrogen-bond acceptors (Lipinski definition) is 3. The number of halogens is 1. The number of fused-ring (bicyclic) bond motifs is 1. The van der Waals surface area contributed by atoms with Crippen LogP contribution in [0.5, 0.6) is 0 Å². The highest BCUT2D eigenvalue weighted by atomic mass is 79.9. The first-order valence-electron chi connectivity index (χ1n) is 6.77. The summed E-state index contributed by atoms with van der Waals surface area (Å²) in [5, 5.41) is 13.5. The van der Waals surface area contributed by atoms with E-state index in [0.29, 0.717) is 5.69 Å². The van der Waals surface area contributed by atoms with Gasteiger partial charge in [0.15, 0.2) is 0 Å². The molecule has 3 rings (SSSR count). The second kappa shape index (κ2) is 5.57. The number of carbonyl (C=O) groups is 2. The van der Waals surface area contributed by atoms with Gasteiger partial charge in [0.2, 0.25) is 0 Å². The van der Waals surface area contributed by atoms with Gasteiger partial charge in [-0.15, -0.1) is 0 Å². The van der Waals surface area contributed by atoms with Gasteiger partial charge in [0.05, 0.1) is 0 Å². The monoisotopic (exact) mass is 363 g/mol. The summed E-state index contributed by atoms with van der Waals surface area (Å²) >= 11 is 3.46. The summed E-state index contributed by atoms with van der Waals surface area (Å²) in [5.41, 5.74) is 2.29. The maximum absolute atomic E-state index is 12.7. The standard InChI is InChI=1S/C15H14BrN3O3/c1-18-12(5-6-17-18)14(20)19-8-9-3-2-4-11(16)10(9)7-13(19)15(21)22/h2-6,13H,7-8H2,1H3,(H,21,22). The number of hydrogen-bond donors (Lipinski definition) is 1. The first kappa shape index (κ1) is 14.8. The highest BCUT2D eigenvalue weighted by Crippen LogP contribution is 2.30. The number of carboxylic acids is 1. The molecule has 1 atom stereocenters. The first-order chi connectivity index (χ1) is 10.5. The van der Waals surface area contributed by atoms with E-state index in [9.17, 15) is 14.7 Å². The maximum Gasteiger partial charge on any atom is 0.326 e. The van der Waals surface area contributed by atoms with Crippen LogP contribution in [0.4, 0.5) is 0 Å². The Hall–Kier alpha value is -2.15. The molecular formula is C15H14BrN3O3. The molecule has 6 nitrogen and oxygen atoms in total. The molecule has 0 saturated carbocycles. The van der Waals surface area contributed by atoms with Gasteiger partial charge in [0, 0.05) is 30.7 Å². The zero-order valence-electron chi connectivity index (χ0n) is 11.9. The molecule has 0 radical (unpaired) electrons. The van der Waals surface area contributed by atoms with Crippen molar-refractivity contribution in [1.82, 2.24) is 14.7 Å². The fourth-order valence-electron chi connectivity index (χ4n) is 2.74. The van der Waals surface area contributed by atoms with E-state index in [1.165, 1.54) is 15.8 Å². The molecule has 0 bridgehead atoms. The topological polar surface area (TPSA) is 75.4 Å². The summed E-state index contributed by atoms with van der Waals surface area (Å²) in [6, 6.07) is 6.40. The van der Waals surface area contributed by atoms with Gasteiger partial charge in [-0.25, -0.2) is 4.79 Å². The lowest BCUT2D eigenvalue weighted by molar-refractivity contribution is -0.142. The van der Waals surface area contributed by atoms with Gasteiger partial charge < -0.3 is 10.0 Å². The normalized spacial score (nSPS) is 17.2. The molecule has 1 aliphatic heterocycles. The van der Waals surface area contributed by atoms with Crippen LogP contribution in [0.2, 0.25) is 0 Å². The maximum atomic E-state index is 12.7. The highest BCUT2D eigenvalue weighted by Gasteiger charge is 2.36. The molecule has 1 amide bonds. The van der Waals surface area contributed by atoms with Crippen LogP contribution in [-0.4, -0.2) is 37.7 Å². The van der Waals surface area contributed by atoms with Crippen LogP contribution in [0, 0.1) is 0 Å². The molecule has 1 N–H and O–H groups in total. The van der Waals surface area contributed by atoms with Crippen LogP contribution in [-0.2, 0) is 24.8 Å². The minimum Gasteiger partial charge on any atom is -0.480 e. The van der Waals surface area contributed by atoms with Gasteiger partial charge >= 0.3 is 5.97 Å². The van der Waals surface area contributed by atoms with Crippen LogP contribution in [0.25, 0.3) is 0 Å². The van der Waals surface area contributed by atoms with Crippen molar-refractivity contribution >= 4 is 27.8 Å².